The summed E-state index contributed by atoms with van der Waals surface area (Å²) in [5.41, 5.74) is 6.97. The lowest BCUT2D eigenvalue weighted by Crippen LogP contribution is -2.39. The molecule has 0 saturated heterocycles. The van der Waals surface area contributed by atoms with Crippen LogP contribution in [0.2, 0.25) is 0 Å². The SMILES string of the molecule is Nc1c(N(c2ccccc2)c2cccc(-c3ccncc3)n2)c(=O)c1=O. The van der Waals surface area contributed by atoms with Crippen molar-refractivity contribution in [1.29, 1.82) is 0 Å². The van der Waals surface area contributed by atoms with Gasteiger partial charge in [0, 0.05) is 23.6 Å². The van der Waals surface area contributed by atoms with Crippen LogP contribution in [0.1, 0.15) is 0 Å². The molecule has 4 rings (SSSR count). The van der Waals surface area contributed by atoms with Crippen LogP contribution in [0.3, 0.4) is 0 Å². The van der Waals surface area contributed by atoms with E-state index in [4.69, 9.17) is 5.73 Å². The van der Waals surface area contributed by atoms with Gasteiger partial charge in [-0.25, -0.2) is 4.98 Å². The van der Waals surface area contributed by atoms with Crippen molar-refractivity contribution in [1.82, 2.24) is 9.97 Å². The van der Waals surface area contributed by atoms with E-state index in [1.807, 2.05) is 54.6 Å². The van der Waals surface area contributed by atoms with E-state index in [0.717, 1.165) is 11.3 Å². The second-order valence-electron chi connectivity index (χ2n) is 5.71. The normalized spacial score (nSPS) is 10.8. The number of para-hydroxylation sites is 1. The third-order valence-corrected chi connectivity index (χ3v) is 4.10. The van der Waals surface area contributed by atoms with Crippen LogP contribution in [0.25, 0.3) is 11.3 Å². The lowest BCUT2D eigenvalue weighted by molar-refractivity contribution is 1.15. The van der Waals surface area contributed by atoms with Crippen molar-refractivity contribution < 1.29 is 0 Å². The Morgan fingerprint density at radius 3 is 2.23 bits per heavy atom. The predicted molar refractivity (Wildman–Crippen MR) is 101 cm³/mol. The fourth-order valence-electron chi connectivity index (χ4n) is 2.80. The van der Waals surface area contributed by atoms with Crippen LogP contribution >= 0.6 is 0 Å². The maximum Gasteiger partial charge on any atom is 0.254 e. The minimum absolute atomic E-state index is 0.0463. The molecule has 2 N–H and O–H groups in total. The van der Waals surface area contributed by atoms with Crippen LogP contribution in [0, 0.1) is 0 Å². The smallest absolute Gasteiger partial charge is 0.254 e. The average Bonchev–Trinajstić information content (AvgIpc) is 2.72. The molecule has 0 fully saturated rings. The Morgan fingerprint density at radius 1 is 0.808 bits per heavy atom. The van der Waals surface area contributed by atoms with E-state index in [2.05, 4.69) is 9.97 Å². The van der Waals surface area contributed by atoms with Gasteiger partial charge in [-0.2, -0.15) is 0 Å². The van der Waals surface area contributed by atoms with Gasteiger partial charge in [-0.05, 0) is 36.4 Å². The van der Waals surface area contributed by atoms with E-state index in [9.17, 15) is 9.59 Å². The lowest BCUT2D eigenvalue weighted by Gasteiger charge is -2.26. The Kier molecular flexibility index (Phi) is 3.78. The monoisotopic (exact) mass is 342 g/mol. The van der Waals surface area contributed by atoms with Gasteiger partial charge in [0.2, 0.25) is 0 Å². The summed E-state index contributed by atoms with van der Waals surface area (Å²) in [7, 11) is 0. The number of pyridine rings is 2. The minimum Gasteiger partial charge on any atom is -0.394 e. The maximum atomic E-state index is 12.1. The zero-order valence-electron chi connectivity index (χ0n) is 13.7. The molecule has 0 saturated carbocycles. The summed E-state index contributed by atoms with van der Waals surface area (Å²) in [6.07, 6.45) is 3.38. The number of hydrogen-bond acceptors (Lipinski definition) is 6. The van der Waals surface area contributed by atoms with Crippen molar-refractivity contribution in [3.8, 4) is 11.3 Å². The van der Waals surface area contributed by atoms with Gasteiger partial charge in [0.1, 0.15) is 17.2 Å². The number of anilines is 4. The van der Waals surface area contributed by atoms with Crippen molar-refractivity contribution in [3.63, 3.8) is 0 Å². The van der Waals surface area contributed by atoms with Gasteiger partial charge in [0.15, 0.2) is 0 Å². The van der Waals surface area contributed by atoms with Gasteiger partial charge >= 0.3 is 0 Å². The van der Waals surface area contributed by atoms with Gasteiger partial charge < -0.3 is 5.73 Å². The second kappa shape index (κ2) is 6.25. The summed E-state index contributed by atoms with van der Waals surface area (Å²) in [5, 5.41) is 0. The molecule has 4 aromatic rings. The molecule has 0 bridgehead atoms. The Labute approximate surface area is 148 Å². The molecule has 6 nitrogen and oxygen atoms in total. The van der Waals surface area contributed by atoms with E-state index in [-0.39, 0.29) is 11.4 Å². The summed E-state index contributed by atoms with van der Waals surface area (Å²) in [4.78, 5) is 34.1. The van der Waals surface area contributed by atoms with Crippen molar-refractivity contribution in [2.75, 3.05) is 10.6 Å². The van der Waals surface area contributed by atoms with Crippen LogP contribution in [0.5, 0.6) is 0 Å². The zero-order valence-corrected chi connectivity index (χ0v) is 13.7. The summed E-state index contributed by atoms with van der Waals surface area (Å²) < 4.78 is 0. The molecule has 0 spiro atoms. The molecule has 0 aliphatic carbocycles. The first-order valence-corrected chi connectivity index (χ1v) is 7.98. The highest BCUT2D eigenvalue weighted by Gasteiger charge is 2.27. The van der Waals surface area contributed by atoms with Gasteiger partial charge in [0.05, 0.1) is 5.69 Å². The van der Waals surface area contributed by atoms with Crippen LogP contribution in [-0.4, -0.2) is 9.97 Å². The number of rotatable bonds is 4. The first kappa shape index (κ1) is 15.7. The van der Waals surface area contributed by atoms with Crippen LogP contribution < -0.4 is 21.5 Å². The van der Waals surface area contributed by atoms with E-state index in [1.165, 1.54) is 0 Å². The van der Waals surface area contributed by atoms with Crippen molar-refractivity contribution >= 4 is 22.9 Å². The van der Waals surface area contributed by atoms with E-state index < -0.39 is 10.9 Å². The third kappa shape index (κ3) is 2.53. The highest BCUT2D eigenvalue weighted by molar-refractivity contribution is 5.85. The quantitative estimate of drug-likeness (QED) is 0.574. The molecule has 2 aromatic heterocycles. The van der Waals surface area contributed by atoms with E-state index in [1.54, 1.807) is 23.4 Å². The lowest BCUT2D eigenvalue weighted by atomic mass is 10.1. The number of benzene rings is 1. The Bertz CT molecular complexity index is 1130. The Hall–Kier alpha value is -3.80. The fourth-order valence-corrected chi connectivity index (χ4v) is 2.80. The molecule has 0 radical (unpaired) electrons. The van der Waals surface area contributed by atoms with E-state index >= 15 is 0 Å². The summed E-state index contributed by atoms with van der Waals surface area (Å²) in [5.74, 6) is 0.504. The third-order valence-electron chi connectivity index (χ3n) is 4.10. The molecule has 0 aliphatic rings. The van der Waals surface area contributed by atoms with Gasteiger partial charge in [0.25, 0.3) is 10.9 Å². The molecule has 0 aliphatic heterocycles. The molecule has 2 heterocycles. The standard InChI is InChI=1S/C20H14N4O2/c21-17-18(20(26)19(17)25)24(14-5-2-1-3-6-14)16-8-4-7-15(23-16)13-9-11-22-12-10-13/h1-12H,21H2. The summed E-state index contributed by atoms with van der Waals surface area (Å²) in [6, 6.07) is 18.4. The Morgan fingerprint density at radius 2 is 1.54 bits per heavy atom. The minimum atomic E-state index is -0.661. The predicted octanol–water partition coefficient (Wildman–Crippen LogP) is 2.79. The van der Waals surface area contributed by atoms with Gasteiger partial charge in [-0.3, -0.25) is 19.5 Å². The zero-order chi connectivity index (χ0) is 18.1. The number of nitrogens with zero attached hydrogens (tertiary/aromatic N) is 3. The van der Waals surface area contributed by atoms with Crippen LogP contribution in [0.4, 0.5) is 22.9 Å². The summed E-state index contributed by atoms with van der Waals surface area (Å²) >= 11 is 0. The Balaban J connectivity index is 1.89. The van der Waals surface area contributed by atoms with Gasteiger partial charge in [-0.15, -0.1) is 0 Å². The molecule has 0 amide bonds. The highest BCUT2D eigenvalue weighted by Crippen LogP contribution is 2.34. The number of nitrogens with two attached hydrogens (primary N) is 1. The molecule has 2 aromatic carbocycles. The molecule has 0 atom stereocenters. The number of nitrogen functional groups attached to an aromatic ring is 1. The van der Waals surface area contributed by atoms with Crippen LogP contribution in [0.15, 0.2) is 82.6 Å². The first-order chi connectivity index (χ1) is 12.7. The van der Waals surface area contributed by atoms with Crippen molar-refractivity contribution in [3.05, 3.63) is 93.5 Å². The largest absolute Gasteiger partial charge is 0.394 e. The number of hydrogen-bond donors (Lipinski definition) is 1. The van der Waals surface area contributed by atoms with Crippen molar-refractivity contribution in [2.45, 2.75) is 0 Å². The molecule has 6 heteroatoms. The molecule has 126 valence electrons. The first-order valence-electron chi connectivity index (χ1n) is 7.98. The van der Waals surface area contributed by atoms with Crippen molar-refractivity contribution in [2.24, 2.45) is 0 Å². The van der Waals surface area contributed by atoms with Crippen LogP contribution in [-0.2, 0) is 0 Å². The molecule has 26 heavy (non-hydrogen) atoms. The topological polar surface area (TPSA) is 89.2 Å². The second-order valence-corrected chi connectivity index (χ2v) is 5.71. The highest BCUT2D eigenvalue weighted by atomic mass is 16.2. The number of aromatic nitrogens is 2. The fraction of sp³-hybridized carbons (Fsp3) is 0. The molecular formula is C20H14N4O2. The van der Waals surface area contributed by atoms with E-state index in [0.29, 0.717) is 11.5 Å². The van der Waals surface area contributed by atoms with Gasteiger partial charge in [-0.1, -0.05) is 24.3 Å². The molecular weight excluding hydrogens is 328 g/mol. The molecule has 0 unspecified atom stereocenters. The maximum absolute atomic E-state index is 12.1. The average molecular weight is 342 g/mol. The summed E-state index contributed by atoms with van der Waals surface area (Å²) in [6.45, 7) is 0.